The summed E-state index contributed by atoms with van der Waals surface area (Å²) in [6.07, 6.45) is 2.23. The van der Waals surface area contributed by atoms with Crippen molar-refractivity contribution in [3.63, 3.8) is 0 Å². The van der Waals surface area contributed by atoms with Crippen LogP contribution in [0.15, 0.2) is 24.4 Å². The Morgan fingerprint density at radius 1 is 1.38 bits per heavy atom. The molecule has 140 valence electrons. The van der Waals surface area contributed by atoms with Gasteiger partial charge in [-0.15, -0.1) is 0 Å². The smallest absolute Gasteiger partial charge is 0.227 e. The van der Waals surface area contributed by atoms with Crippen LogP contribution in [0.2, 0.25) is 5.02 Å². The van der Waals surface area contributed by atoms with E-state index in [-0.39, 0.29) is 17.5 Å². The van der Waals surface area contributed by atoms with Crippen LogP contribution in [0.4, 0.5) is 17.5 Å². The van der Waals surface area contributed by atoms with E-state index < -0.39 is 9.84 Å². The third-order valence-corrected chi connectivity index (χ3v) is 6.62. The van der Waals surface area contributed by atoms with Crippen LogP contribution in [-0.4, -0.2) is 50.1 Å². The van der Waals surface area contributed by atoms with Gasteiger partial charge in [-0.05, 0) is 31.0 Å². The van der Waals surface area contributed by atoms with Gasteiger partial charge in [0, 0.05) is 30.4 Å². The zero-order chi connectivity index (χ0) is 18.9. The highest BCUT2D eigenvalue weighted by molar-refractivity contribution is 7.91. The monoisotopic (exact) mass is 396 g/mol. The number of benzene rings is 1. The lowest BCUT2D eigenvalue weighted by atomic mass is 10.2. The molecule has 7 nitrogen and oxygen atoms in total. The normalized spacial score (nSPS) is 18.5. The van der Waals surface area contributed by atoms with Crippen molar-refractivity contribution in [2.45, 2.75) is 19.4 Å². The molecule has 0 amide bonds. The molecule has 1 N–H and O–H groups in total. The summed E-state index contributed by atoms with van der Waals surface area (Å²) in [6.45, 7) is 1.91. The minimum atomic E-state index is -2.97. The van der Waals surface area contributed by atoms with E-state index in [1.165, 1.54) is 0 Å². The Kier molecular flexibility index (Phi) is 5.24. The maximum atomic E-state index is 11.7. The minimum absolute atomic E-state index is 0.109. The largest absolute Gasteiger partial charge is 0.495 e. The van der Waals surface area contributed by atoms with Crippen molar-refractivity contribution in [1.82, 2.24) is 9.97 Å². The minimum Gasteiger partial charge on any atom is -0.495 e. The van der Waals surface area contributed by atoms with Gasteiger partial charge in [0.25, 0.3) is 0 Å². The fourth-order valence-electron chi connectivity index (χ4n) is 2.90. The van der Waals surface area contributed by atoms with Crippen LogP contribution in [-0.2, 0) is 9.84 Å². The highest BCUT2D eigenvalue weighted by Crippen LogP contribution is 2.33. The third kappa shape index (κ3) is 4.02. The Morgan fingerprint density at radius 2 is 2.15 bits per heavy atom. The second kappa shape index (κ2) is 7.28. The first kappa shape index (κ1) is 18.7. The highest BCUT2D eigenvalue weighted by Gasteiger charge is 2.31. The predicted octanol–water partition coefficient (Wildman–Crippen LogP) is 2.81. The fourth-order valence-corrected chi connectivity index (χ4v) is 4.83. The molecule has 1 aliphatic rings. The van der Waals surface area contributed by atoms with E-state index >= 15 is 0 Å². The second-order valence-corrected chi connectivity index (χ2v) is 8.97. The molecule has 3 rings (SSSR count). The first-order valence-corrected chi connectivity index (χ1v) is 10.4. The maximum Gasteiger partial charge on any atom is 0.227 e. The van der Waals surface area contributed by atoms with Gasteiger partial charge in [0.05, 0.1) is 24.3 Å². The lowest BCUT2D eigenvalue weighted by Crippen LogP contribution is -2.33. The summed E-state index contributed by atoms with van der Waals surface area (Å²) in [5.41, 5.74) is 1.66. The number of anilines is 3. The summed E-state index contributed by atoms with van der Waals surface area (Å²) in [6, 6.07) is 5.27. The van der Waals surface area contributed by atoms with Crippen molar-refractivity contribution >= 4 is 38.9 Å². The molecule has 1 aromatic heterocycles. The van der Waals surface area contributed by atoms with Crippen molar-refractivity contribution in [2.75, 3.05) is 35.9 Å². The standard InChI is InChI=1S/C17H21ClN4O3S/c1-11-8-14(15(25-3)9-13(11)18)20-16-4-6-19-17(21-16)22(2)12-5-7-26(23,24)10-12/h4,6,8-9,12H,5,7,10H2,1-3H3,(H,19,20,21). The average molecular weight is 397 g/mol. The van der Waals surface area contributed by atoms with Crippen LogP contribution in [0, 0.1) is 6.92 Å². The van der Waals surface area contributed by atoms with Crippen LogP contribution >= 0.6 is 11.6 Å². The van der Waals surface area contributed by atoms with Crippen LogP contribution in [0.25, 0.3) is 0 Å². The van der Waals surface area contributed by atoms with Gasteiger partial charge in [0.15, 0.2) is 9.84 Å². The molecule has 0 bridgehead atoms. The number of nitrogens with zero attached hydrogens (tertiary/aromatic N) is 3. The SMILES string of the molecule is COc1cc(Cl)c(C)cc1Nc1ccnc(N(C)C2CCS(=O)(=O)C2)n1. The number of aryl methyl sites for hydroxylation is 1. The molecule has 1 saturated heterocycles. The molecule has 1 fully saturated rings. The zero-order valence-corrected chi connectivity index (χ0v) is 16.4. The summed E-state index contributed by atoms with van der Waals surface area (Å²) in [4.78, 5) is 10.6. The molecule has 9 heteroatoms. The molecule has 1 aliphatic heterocycles. The van der Waals surface area contributed by atoms with Crippen molar-refractivity contribution in [1.29, 1.82) is 0 Å². The molecule has 2 aromatic rings. The number of sulfone groups is 1. The number of halogens is 1. The number of hydrogen-bond acceptors (Lipinski definition) is 7. The number of nitrogens with one attached hydrogen (secondary N) is 1. The first-order chi connectivity index (χ1) is 12.3. The van der Waals surface area contributed by atoms with Gasteiger partial charge < -0.3 is 15.0 Å². The molecule has 0 spiro atoms. The van der Waals surface area contributed by atoms with Gasteiger partial charge in [-0.25, -0.2) is 13.4 Å². The number of ether oxygens (including phenoxy) is 1. The molecular weight excluding hydrogens is 376 g/mol. The van der Waals surface area contributed by atoms with E-state index in [1.807, 2.05) is 24.9 Å². The van der Waals surface area contributed by atoms with Gasteiger partial charge >= 0.3 is 0 Å². The molecular formula is C17H21ClN4O3S. The lowest BCUT2D eigenvalue weighted by molar-refractivity contribution is 0.416. The number of rotatable bonds is 5. The number of aromatic nitrogens is 2. The van der Waals surface area contributed by atoms with Gasteiger partial charge in [-0.3, -0.25) is 0 Å². The lowest BCUT2D eigenvalue weighted by Gasteiger charge is -2.23. The molecule has 2 heterocycles. The Balaban J connectivity index is 1.83. The summed E-state index contributed by atoms with van der Waals surface area (Å²) in [5.74, 6) is 2.01. The van der Waals surface area contributed by atoms with E-state index in [0.717, 1.165) is 11.3 Å². The molecule has 0 aliphatic carbocycles. The number of methoxy groups -OCH3 is 1. The second-order valence-electron chi connectivity index (χ2n) is 6.34. The van der Waals surface area contributed by atoms with E-state index in [2.05, 4.69) is 15.3 Å². The average Bonchev–Trinajstić information content (AvgIpc) is 2.97. The molecule has 0 saturated carbocycles. The van der Waals surface area contributed by atoms with Crippen LogP contribution in [0.3, 0.4) is 0 Å². The number of hydrogen-bond donors (Lipinski definition) is 1. The summed E-state index contributed by atoms with van der Waals surface area (Å²) >= 11 is 6.14. The quantitative estimate of drug-likeness (QED) is 0.831. The summed E-state index contributed by atoms with van der Waals surface area (Å²) in [5, 5.41) is 3.84. The van der Waals surface area contributed by atoms with Crippen molar-refractivity contribution in [3.8, 4) is 5.75 Å². The molecule has 26 heavy (non-hydrogen) atoms. The molecule has 1 aromatic carbocycles. The highest BCUT2D eigenvalue weighted by atomic mass is 35.5. The third-order valence-electron chi connectivity index (χ3n) is 4.46. The van der Waals surface area contributed by atoms with Crippen molar-refractivity contribution in [2.24, 2.45) is 0 Å². The van der Waals surface area contributed by atoms with E-state index in [0.29, 0.717) is 29.0 Å². The fraction of sp³-hybridized carbons (Fsp3) is 0.412. The molecule has 0 radical (unpaired) electrons. The van der Waals surface area contributed by atoms with Crippen molar-refractivity contribution < 1.29 is 13.2 Å². The van der Waals surface area contributed by atoms with Crippen molar-refractivity contribution in [3.05, 3.63) is 35.0 Å². The maximum absolute atomic E-state index is 11.7. The Labute approximate surface area is 158 Å². The van der Waals surface area contributed by atoms with Crippen LogP contribution in [0.5, 0.6) is 5.75 Å². The predicted molar refractivity (Wildman–Crippen MR) is 104 cm³/mol. The van der Waals surface area contributed by atoms with Crippen LogP contribution in [0.1, 0.15) is 12.0 Å². The molecule has 1 atom stereocenters. The van der Waals surface area contributed by atoms with E-state index in [1.54, 1.807) is 25.4 Å². The van der Waals surface area contributed by atoms with Gasteiger partial charge in [-0.2, -0.15) is 4.98 Å². The Hall–Kier alpha value is -2.06. The zero-order valence-electron chi connectivity index (χ0n) is 14.9. The van der Waals surface area contributed by atoms with Gasteiger partial charge in [-0.1, -0.05) is 11.6 Å². The van der Waals surface area contributed by atoms with Gasteiger partial charge in [0.1, 0.15) is 11.6 Å². The first-order valence-electron chi connectivity index (χ1n) is 8.16. The summed E-state index contributed by atoms with van der Waals surface area (Å²) < 4.78 is 28.8. The molecule has 1 unspecified atom stereocenters. The summed E-state index contributed by atoms with van der Waals surface area (Å²) in [7, 11) is 0.426. The topological polar surface area (TPSA) is 84.4 Å². The Morgan fingerprint density at radius 3 is 2.81 bits per heavy atom. The van der Waals surface area contributed by atoms with Crippen LogP contribution < -0.4 is 15.0 Å². The van der Waals surface area contributed by atoms with Gasteiger partial charge in [0.2, 0.25) is 5.95 Å². The van der Waals surface area contributed by atoms with E-state index in [9.17, 15) is 8.42 Å². The van der Waals surface area contributed by atoms with E-state index in [4.69, 9.17) is 16.3 Å². The Bertz CT molecular complexity index is 920.